The van der Waals surface area contributed by atoms with Crippen LogP contribution in [0, 0.1) is 17.0 Å². The van der Waals surface area contributed by atoms with E-state index in [1.165, 1.54) is 24.4 Å². The number of nitrogens with one attached hydrogen (secondary N) is 1. The first-order chi connectivity index (χ1) is 9.56. The van der Waals surface area contributed by atoms with Gasteiger partial charge in [-0.1, -0.05) is 0 Å². The summed E-state index contributed by atoms with van der Waals surface area (Å²) in [6.07, 6.45) is 1.48. The number of aromatic hydroxyl groups is 1. The fraction of sp³-hybridized carbons (Fsp3) is 0.0769. The zero-order valence-corrected chi connectivity index (χ0v) is 10.6. The molecule has 0 saturated carbocycles. The summed E-state index contributed by atoms with van der Waals surface area (Å²) >= 11 is 0. The lowest BCUT2D eigenvalue weighted by Gasteiger charge is -2.02. The Morgan fingerprint density at radius 2 is 2.00 bits per heavy atom. The molecule has 0 bridgehead atoms. The molecule has 2 rings (SSSR count). The molecule has 1 aromatic heterocycles. The third-order valence-corrected chi connectivity index (χ3v) is 2.49. The highest BCUT2D eigenvalue weighted by molar-refractivity contribution is 5.80. The molecule has 0 unspecified atom stereocenters. The van der Waals surface area contributed by atoms with E-state index in [1.54, 1.807) is 25.1 Å². The lowest BCUT2D eigenvalue weighted by molar-refractivity contribution is -0.384. The Kier molecular flexibility index (Phi) is 3.90. The van der Waals surface area contributed by atoms with Crippen molar-refractivity contribution in [2.75, 3.05) is 5.43 Å². The molecule has 1 aromatic carbocycles. The molecule has 0 aliphatic rings. The van der Waals surface area contributed by atoms with Gasteiger partial charge in [-0.3, -0.25) is 15.5 Å². The number of rotatable bonds is 4. The summed E-state index contributed by atoms with van der Waals surface area (Å²) in [7, 11) is 0. The second kappa shape index (κ2) is 5.79. The summed E-state index contributed by atoms with van der Waals surface area (Å²) in [4.78, 5) is 14.4. The zero-order valence-electron chi connectivity index (χ0n) is 10.6. The van der Waals surface area contributed by atoms with Gasteiger partial charge in [-0.05, 0) is 42.8 Å². The molecule has 0 radical (unpaired) electrons. The van der Waals surface area contributed by atoms with Gasteiger partial charge in [-0.2, -0.15) is 5.10 Å². The molecule has 2 N–H and O–H groups in total. The number of nitrogens with zero attached hydrogens (tertiary/aromatic N) is 3. The molecular formula is C13H12N4O3. The largest absolute Gasteiger partial charge is 0.508 e. The first-order valence-electron chi connectivity index (χ1n) is 5.76. The van der Waals surface area contributed by atoms with Crippen LogP contribution < -0.4 is 5.43 Å². The summed E-state index contributed by atoms with van der Waals surface area (Å²) < 4.78 is 0. The van der Waals surface area contributed by atoms with Gasteiger partial charge in [0.15, 0.2) is 0 Å². The maximum atomic E-state index is 10.8. The predicted molar refractivity (Wildman–Crippen MR) is 75.0 cm³/mol. The Hall–Kier alpha value is -2.96. The maximum absolute atomic E-state index is 10.8. The van der Waals surface area contributed by atoms with E-state index in [0.717, 1.165) is 5.56 Å². The standard InChI is InChI=1S/C13H12N4O3/c1-9-2-7-12(17(19)20)13(15-9)16-14-8-10-3-5-11(18)6-4-10/h2-8,18H,1H3,(H,15,16)/b14-8-. The van der Waals surface area contributed by atoms with Crippen molar-refractivity contribution < 1.29 is 10.0 Å². The fourth-order valence-corrected chi connectivity index (χ4v) is 1.51. The van der Waals surface area contributed by atoms with Crippen molar-refractivity contribution in [1.29, 1.82) is 0 Å². The van der Waals surface area contributed by atoms with Gasteiger partial charge in [0.25, 0.3) is 0 Å². The summed E-state index contributed by atoms with van der Waals surface area (Å²) in [6.45, 7) is 1.73. The van der Waals surface area contributed by atoms with Gasteiger partial charge in [0.05, 0.1) is 11.1 Å². The quantitative estimate of drug-likeness (QED) is 0.505. The predicted octanol–water partition coefficient (Wildman–Crippen LogP) is 2.45. The molecule has 0 aliphatic carbocycles. The van der Waals surface area contributed by atoms with Gasteiger partial charge in [0.1, 0.15) is 5.75 Å². The summed E-state index contributed by atoms with van der Waals surface area (Å²) in [5.74, 6) is 0.246. The minimum Gasteiger partial charge on any atom is -0.508 e. The van der Waals surface area contributed by atoms with Crippen molar-refractivity contribution in [1.82, 2.24) is 4.98 Å². The van der Waals surface area contributed by atoms with Gasteiger partial charge >= 0.3 is 5.69 Å². The van der Waals surface area contributed by atoms with E-state index in [1.807, 2.05) is 0 Å². The van der Waals surface area contributed by atoms with E-state index in [4.69, 9.17) is 5.11 Å². The third kappa shape index (κ3) is 3.29. The molecule has 102 valence electrons. The van der Waals surface area contributed by atoms with Gasteiger partial charge < -0.3 is 5.11 Å². The number of hydrogen-bond donors (Lipinski definition) is 2. The first-order valence-corrected chi connectivity index (χ1v) is 5.76. The Bertz CT molecular complexity index is 653. The van der Waals surface area contributed by atoms with Crippen LogP contribution in [0.3, 0.4) is 0 Å². The number of phenols is 1. The third-order valence-electron chi connectivity index (χ3n) is 2.49. The fourth-order valence-electron chi connectivity index (χ4n) is 1.51. The van der Waals surface area contributed by atoms with E-state index < -0.39 is 4.92 Å². The SMILES string of the molecule is Cc1ccc([N+](=O)[O-])c(N/N=C\c2ccc(O)cc2)n1. The smallest absolute Gasteiger partial charge is 0.313 e. The van der Waals surface area contributed by atoms with Crippen molar-refractivity contribution in [2.24, 2.45) is 5.10 Å². The van der Waals surface area contributed by atoms with E-state index in [2.05, 4.69) is 15.5 Å². The van der Waals surface area contributed by atoms with Gasteiger partial charge in [-0.25, -0.2) is 4.98 Å². The highest BCUT2D eigenvalue weighted by atomic mass is 16.6. The highest BCUT2D eigenvalue weighted by Crippen LogP contribution is 2.21. The number of aromatic nitrogens is 1. The molecule has 20 heavy (non-hydrogen) atoms. The lowest BCUT2D eigenvalue weighted by atomic mass is 10.2. The molecule has 7 heteroatoms. The van der Waals surface area contributed by atoms with Crippen molar-refractivity contribution in [3.05, 3.63) is 57.8 Å². The topological polar surface area (TPSA) is 101 Å². The molecule has 2 aromatic rings. The average Bonchev–Trinajstić information content (AvgIpc) is 2.41. The van der Waals surface area contributed by atoms with Crippen LogP contribution in [-0.4, -0.2) is 21.2 Å². The number of anilines is 1. The van der Waals surface area contributed by atoms with Crippen molar-refractivity contribution in [3.8, 4) is 5.75 Å². The Morgan fingerprint density at radius 3 is 2.65 bits per heavy atom. The van der Waals surface area contributed by atoms with Crippen LogP contribution in [0.4, 0.5) is 11.5 Å². The molecule has 0 saturated heterocycles. The van der Waals surface area contributed by atoms with E-state index in [9.17, 15) is 10.1 Å². The molecule has 1 heterocycles. The Labute approximate surface area is 114 Å². The number of hydrogen-bond acceptors (Lipinski definition) is 6. The Balaban J connectivity index is 2.16. The minimum absolute atomic E-state index is 0.0880. The van der Waals surface area contributed by atoms with Crippen molar-refractivity contribution in [3.63, 3.8) is 0 Å². The molecular weight excluding hydrogens is 260 g/mol. The van der Waals surface area contributed by atoms with Crippen LogP contribution >= 0.6 is 0 Å². The number of aryl methyl sites for hydroxylation is 1. The number of hydrazone groups is 1. The van der Waals surface area contributed by atoms with Crippen LogP contribution in [0.2, 0.25) is 0 Å². The summed E-state index contributed by atoms with van der Waals surface area (Å²) in [5, 5.41) is 23.9. The van der Waals surface area contributed by atoms with Crippen LogP contribution in [0.25, 0.3) is 0 Å². The molecule has 0 aliphatic heterocycles. The summed E-state index contributed by atoms with van der Waals surface area (Å²) in [5.41, 5.74) is 3.80. The Morgan fingerprint density at radius 1 is 1.30 bits per heavy atom. The second-order valence-electron chi connectivity index (χ2n) is 4.04. The first kappa shape index (κ1) is 13.5. The number of nitro groups is 1. The van der Waals surface area contributed by atoms with E-state index >= 15 is 0 Å². The molecule has 0 fully saturated rings. The highest BCUT2D eigenvalue weighted by Gasteiger charge is 2.14. The van der Waals surface area contributed by atoms with E-state index in [-0.39, 0.29) is 17.3 Å². The summed E-state index contributed by atoms with van der Waals surface area (Å²) in [6, 6.07) is 9.31. The van der Waals surface area contributed by atoms with Gasteiger partial charge in [-0.15, -0.1) is 0 Å². The van der Waals surface area contributed by atoms with Crippen LogP contribution in [-0.2, 0) is 0 Å². The maximum Gasteiger partial charge on any atom is 0.313 e. The normalized spacial score (nSPS) is 10.7. The molecule has 7 nitrogen and oxygen atoms in total. The van der Waals surface area contributed by atoms with Gasteiger partial charge in [0, 0.05) is 11.8 Å². The number of phenolic OH excluding ortho intramolecular Hbond substituents is 1. The zero-order chi connectivity index (χ0) is 14.5. The van der Waals surface area contributed by atoms with Crippen LogP contribution in [0.5, 0.6) is 5.75 Å². The van der Waals surface area contributed by atoms with Crippen molar-refractivity contribution >= 4 is 17.7 Å². The number of pyridine rings is 1. The molecule has 0 amide bonds. The van der Waals surface area contributed by atoms with Crippen molar-refractivity contribution in [2.45, 2.75) is 6.92 Å². The average molecular weight is 272 g/mol. The number of benzene rings is 1. The lowest BCUT2D eigenvalue weighted by Crippen LogP contribution is -2.00. The van der Waals surface area contributed by atoms with Crippen LogP contribution in [0.1, 0.15) is 11.3 Å². The molecule has 0 spiro atoms. The monoisotopic (exact) mass is 272 g/mol. The van der Waals surface area contributed by atoms with E-state index in [0.29, 0.717) is 5.69 Å². The minimum atomic E-state index is -0.523. The second-order valence-corrected chi connectivity index (χ2v) is 4.04. The molecule has 0 atom stereocenters. The van der Waals surface area contributed by atoms with Crippen LogP contribution in [0.15, 0.2) is 41.5 Å². The van der Waals surface area contributed by atoms with Gasteiger partial charge in [0.2, 0.25) is 5.82 Å².